The molecule has 3 aromatic rings. The van der Waals surface area contributed by atoms with Gasteiger partial charge in [0, 0.05) is 17.2 Å². The monoisotopic (exact) mass is 473 g/mol. The molecule has 0 amide bonds. The van der Waals surface area contributed by atoms with E-state index >= 15 is 0 Å². The van der Waals surface area contributed by atoms with Crippen LogP contribution in [0.2, 0.25) is 15.1 Å². The first-order chi connectivity index (χ1) is 14.1. The lowest BCUT2D eigenvalue weighted by Gasteiger charge is -2.23. The summed E-state index contributed by atoms with van der Waals surface area (Å²) in [5, 5.41) is 0.696. The first-order valence-corrected chi connectivity index (χ1v) is 9.27. The largest absolute Gasteiger partial charge is 0.348 e. The first kappa shape index (κ1) is 20.7. The van der Waals surface area contributed by atoms with Gasteiger partial charge in [0.15, 0.2) is 34.8 Å². The summed E-state index contributed by atoms with van der Waals surface area (Å²) in [7, 11) is 0. The molecule has 1 aliphatic rings. The SMILES string of the molecule is O=C1c2ccccc2C(=O)c2c(Cl)c(Nc3c(F)c(F)cc(F)c3F)c(Cl)c(Cl)c21. The van der Waals surface area contributed by atoms with Gasteiger partial charge in [-0.15, -0.1) is 0 Å². The highest BCUT2D eigenvalue weighted by Gasteiger charge is 2.36. The Morgan fingerprint density at radius 3 is 1.63 bits per heavy atom. The Labute approximate surface area is 181 Å². The van der Waals surface area contributed by atoms with E-state index in [0.29, 0.717) is 0 Å². The molecule has 0 saturated heterocycles. The number of benzene rings is 3. The van der Waals surface area contributed by atoms with Crippen molar-refractivity contribution < 1.29 is 27.2 Å². The van der Waals surface area contributed by atoms with Crippen LogP contribution in [0.4, 0.5) is 28.9 Å². The van der Waals surface area contributed by atoms with E-state index in [-0.39, 0.29) is 28.3 Å². The molecule has 0 unspecified atom stereocenters. The zero-order chi connectivity index (χ0) is 21.9. The van der Waals surface area contributed by atoms with Crippen LogP contribution in [0.3, 0.4) is 0 Å². The van der Waals surface area contributed by atoms with Crippen molar-refractivity contribution >= 4 is 57.7 Å². The van der Waals surface area contributed by atoms with Crippen molar-refractivity contribution in [3.8, 4) is 0 Å². The minimum absolute atomic E-state index is 0.0258. The van der Waals surface area contributed by atoms with Gasteiger partial charge in [0.05, 0.1) is 31.9 Å². The van der Waals surface area contributed by atoms with Crippen molar-refractivity contribution in [2.24, 2.45) is 0 Å². The minimum atomic E-state index is -1.75. The Balaban J connectivity index is 1.97. The summed E-state index contributed by atoms with van der Waals surface area (Å²) in [6.45, 7) is 0. The summed E-state index contributed by atoms with van der Waals surface area (Å²) < 4.78 is 55.3. The van der Waals surface area contributed by atoms with E-state index in [1.807, 2.05) is 0 Å². The fourth-order valence-electron chi connectivity index (χ4n) is 3.15. The molecule has 10 heteroatoms. The van der Waals surface area contributed by atoms with Gasteiger partial charge >= 0.3 is 0 Å². The predicted molar refractivity (Wildman–Crippen MR) is 104 cm³/mol. The fraction of sp³-hybridized carbons (Fsp3) is 0. The van der Waals surface area contributed by atoms with Crippen LogP contribution < -0.4 is 5.32 Å². The van der Waals surface area contributed by atoms with E-state index in [2.05, 4.69) is 5.32 Å². The van der Waals surface area contributed by atoms with Crippen molar-refractivity contribution in [2.45, 2.75) is 0 Å². The highest BCUT2D eigenvalue weighted by Crippen LogP contribution is 2.47. The van der Waals surface area contributed by atoms with Gasteiger partial charge in [0.2, 0.25) is 0 Å². The molecule has 1 N–H and O–H groups in total. The lowest BCUT2D eigenvalue weighted by molar-refractivity contribution is 0.0979. The molecule has 0 aromatic heterocycles. The van der Waals surface area contributed by atoms with E-state index in [0.717, 1.165) is 0 Å². The zero-order valence-corrected chi connectivity index (χ0v) is 16.6. The van der Waals surface area contributed by atoms with Gasteiger partial charge in [-0.3, -0.25) is 9.59 Å². The molecule has 3 nitrogen and oxygen atoms in total. The Morgan fingerprint density at radius 1 is 0.667 bits per heavy atom. The second-order valence-corrected chi connectivity index (χ2v) is 7.37. The normalized spacial score (nSPS) is 12.6. The number of halogens is 7. The summed E-state index contributed by atoms with van der Waals surface area (Å²) in [5.74, 6) is -8.15. The maximum atomic E-state index is 14.1. The van der Waals surface area contributed by atoms with Gasteiger partial charge in [-0.2, -0.15) is 0 Å². The van der Waals surface area contributed by atoms with Gasteiger partial charge in [0.1, 0.15) is 5.69 Å². The van der Waals surface area contributed by atoms with Crippen molar-refractivity contribution in [1.82, 2.24) is 0 Å². The van der Waals surface area contributed by atoms with Crippen LogP contribution >= 0.6 is 34.8 Å². The van der Waals surface area contributed by atoms with E-state index in [4.69, 9.17) is 34.8 Å². The van der Waals surface area contributed by atoms with Gasteiger partial charge < -0.3 is 5.32 Å². The number of carbonyl (C=O) groups excluding carboxylic acids is 2. The Bertz CT molecular complexity index is 1270. The first-order valence-electron chi connectivity index (χ1n) is 8.14. The van der Waals surface area contributed by atoms with Crippen LogP contribution in [-0.2, 0) is 0 Å². The summed E-state index contributed by atoms with van der Waals surface area (Å²) in [6.07, 6.45) is 0. The van der Waals surface area contributed by atoms with Crippen LogP contribution in [0, 0.1) is 23.3 Å². The van der Waals surface area contributed by atoms with Crippen LogP contribution in [-0.4, -0.2) is 11.6 Å². The minimum Gasteiger partial charge on any atom is -0.348 e. The molecule has 152 valence electrons. The second kappa shape index (κ2) is 7.27. The van der Waals surface area contributed by atoms with Gasteiger partial charge in [-0.25, -0.2) is 17.6 Å². The van der Waals surface area contributed by atoms with Crippen LogP contribution in [0.1, 0.15) is 31.8 Å². The Morgan fingerprint density at radius 2 is 1.13 bits per heavy atom. The standard InChI is InChI=1S/C20H6Cl3F4NO2/c21-12-10-11(20(30)7-4-2-1-3-6(7)19(10)29)13(22)17(14(12)23)28-18-15(26)8(24)5-9(25)16(18)27/h1-5,28H. The molecule has 0 heterocycles. The lowest BCUT2D eigenvalue weighted by atomic mass is 9.83. The predicted octanol–water partition coefficient (Wildman–Crippen LogP) is 6.72. The van der Waals surface area contributed by atoms with E-state index in [9.17, 15) is 27.2 Å². The molecule has 0 atom stereocenters. The topological polar surface area (TPSA) is 46.2 Å². The smallest absolute Gasteiger partial charge is 0.196 e. The van der Waals surface area contributed by atoms with E-state index in [1.165, 1.54) is 18.2 Å². The summed E-state index contributed by atoms with van der Waals surface area (Å²) >= 11 is 18.6. The van der Waals surface area contributed by atoms with Gasteiger partial charge in [0.25, 0.3) is 0 Å². The summed E-state index contributed by atoms with van der Waals surface area (Å²) in [6, 6.07) is 5.92. The van der Waals surface area contributed by atoms with Crippen molar-refractivity contribution in [1.29, 1.82) is 0 Å². The van der Waals surface area contributed by atoms with Gasteiger partial charge in [-0.05, 0) is 0 Å². The molecule has 1 aliphatic carbocycles. The molecule has 0 spiro atoms. The molecule has 0 bridgehead atoms. The van der Waals surface area contributed by atoms with E-state index < -0.39 is 61.3 Å². The molecule has 4 rings (SSSR count). The van der Waals surface area contributed by atoms with Gasteiger partial charge in [-0.1, -0.05) is 59.1 Å². The maximum Gasteiger partial charge on any atom is 0.196 e. The highest BCUT2D eigenvalue weighted by molar-refractivity contribution is 6.51. The number of hydrogen-bond acceptors (Lipinski definition) is 3. The molecule has 0 aliphatic heterocycles. The van der Waals surface area contributed by atoms with Crippen molar-refractivity contribution in [3.63, 3.8) is 0 Å². The second-order valence-electron chi connectivity index (χ2n) is 6.24. The number of anilines is 2. The number of hydrogen-bond donors (Lipinski definition) is 1. The number of rotatable bonds is 2. The summed E-state index contributed by atoms with van der Waals surface area (Å²) in [4.78, 5) is 25.8. The average molecular weight is 475 g/mol. The zero-order valence-electron chi connectivity index (χ0n) is 14.3. The number of carbonyl (C=O) groups is 2. The van der Waals surface area contributed by atoms with Crippen molar-refractivity contribution in [3.05, 3.63) is 90.9 Å². The molecular weight excluding hydrogens is 469 g/mol. The number of nitrogens with one attached hydrogen (secondary N) is 1. The molecule has 30 heavy (non-hydrogen) atoms. The lowest BCUT2D eigenvalue weighted by Crippen LogP contribution is -2.22. The van der Waals surface area contributed by atoms with Crippen molar-refractivity contribution in [2.75, 3.05) is 5.32 Å². The molecule has 0 radical (unpaired) electrons. The third-order valence-electron chi connectivity index (χ3n) is 4.55. The average Bonchev–Trinajstić information content (AvgIpc) is 2.72. The Kier molecular flexibility index (Phi) is 5.00. The molecular formula is C20H6Cl3F4NO2. The maximum absolute atomic E-state index is 14.1. The molecule has 0 saturated carbocycles. The summed E-state index contributed by atoms with van der Waals surface area (Å²) in [5.41, 5.74) is -2.25. The fourth-order valence-corrected chi connectivity index (χ4v) is 4.03. The Hall–Kier alpha value is -2.61. The third kappa shape index (κ3) is 2.88. The van der Waals surface area contributed by atoms with Crippen LogP contribution in [0.15, 0.2) is 30.3 Å². The van der Waals surface area contributed by atoms with E-state index in [1.54, 1.807) is 6.07 Å². The highest BCUT2D eigenvalue weighted by atomic mass is 35.5. The quantitative estimate of drug-likeness (QED) is 0.259. The van der Waals surface area contributed by atoms with Crippen LogP contribution in [0.5, 0.6) is 0 Å². The molecule has 3 aromatic carbocycles. The van der Waals surface area contributed by atoms with Crippen LogP contribution in [0.25, 0.3) is 0 Å². The number of ketones is 2. The number of fused-ring (bicyclic) bond motifs is 2. The molecule has 0 fully saturated rings. The third-order valence-corrected chi connectivity index (χ3v) is 5.78.